The number of carbonyl (C=O) groups is 1. The van der Waals surface area contributed by atoms with Crippen molar-refractivity contribution in [2.45, 2.75) is 52.0 Å². The van der Waals surface area contributed by atoms with Gasteiger partial charge < -0.3 is 5.32 Å². The van der Waals surface area contributed by atoms with E-state index in [1.807, 2.05) is 11.4 Å². The molecule has 0 atom stereocenters. The van der Waals surface area contributed by atoms with Crippen molar-refractivity contribution in [2.24, 2.45) is 5.92 Å². The molecule has 0 unspecified atom stereocenters. The number of aryl methyl sites for hydroxylation is 1. The summed E-state index contributed by atoms with van der Waals surface area (Å²) in [4.78, 5) is 16.8. The van der Waals surface area contributed by atoms with Crippen molar-refractivity contribution in [3.63, 3.8) is 0 Å². The van der Waals surface area contributed by atoms with E-state index in [-0.39, 0.29) is 5.91 Å². The van der Waals surface area contributed by atoms with Crippen LogP contribution in [0.3, 0.4) is 0 Å². The third-order valence-corrected chi connectivity index (χ3v) is 5.48. The molecule has 4 heteroatoms. The van der Waals surface area contributed by atoms with E-state index in [9.17, 15) is 4.79 Å². The van der Waals surface area contributed by atoms with E-state index in [4.69, 9.17) is 0 Å². The van der Waals surface area contributed by atoms with Gasteiger partial charge in [-0.1, -0.05) is 30.7 Å². The summed E-state index contributed by atoms with van der Waals surface area (Å²) in [5.74, 6) is 0.907. The zero-order valence-electron chi connectivity index (χ0n) is 13.8. The average Bonchev–Trinajstić information content (AvgIpc) is 2.98. The molecule has 23 heavy (non-hydrogen) atoms. The van der Waals surface area contributed by atoms with Gasteiger partial charge in [0, 0.05) is 17.0 Å². The molecular formula is C19H24N2OS. The molecule has 1 heterocycles. The number of aromatic nitrogens is 1. The van der Waals surface area contributed by atoms with Gasteiger partial charge in [0.1, 0.15) is 5.01 Å². The Morgan fingerprint density at radius 1 is 1.30 bits per heavy atom. The number of amides is 1. The summed E-state index contributed by atoms with van der Waals surface area (Å²) < 4.78 is 0. The smallest absolute Gasteiger partial charge is 0.226 e. The van der Waals surface area contributed by atoms with Crippen molar-refractivity contribution in [2.75, 3.05) is 0 Å². The van der Waals surface area contributed by atoms with Crippen molar-refractivity contribution >= 4 is 17.2 Å². The zero-order chi connectivity index (χ0) is 16.2. The second kappa shape index (κ2) is 7.26. The minimum absolute atomic E-state index is 0.102. The lowest BCUT2D eigenvalue weighted by Gasteiger charge is -2.26. The largest absolute Gasteiger partial charge is 0.353 e. The Balaban J connectivity index is 1.57. The predicted octanol–water partition coefficient (Wildman–Crippen LogP) is 4.36. The van der Waals surface area contributed by atoms with Gasteiger partial charge in [0.25, 0.3) is 0 Å². The zero-order valence-corrected chi connectivity index (χ0v) is 14.7. The lowest BCUT2D eigenvalue weighted by molar-refractivity contribution is -0.121. The molecule has 0 saturated heterocycles. The molecule has 1 aliphatic rings. The summed E-state index contributed by atoms with van der Waals surface area (Å²) >= 11 is 1.61. The lowest BCUT2D eigenvalue weighted by Crippen LogP contribution is -2.38. The molecule has 3 nitrogen and oxygen atoms in total. The molecule has 0 bridgehead atoms. The molecule has 0 aliphatic heterocycles. The summed E-state index contributed by atoms with van der Waals surface area (Å²) in [7, 11) is 0. The fourth-order valence-electron chi connectivity index (χ4n) is 3.15. The normalized spacial score (nSPS) is 21.1. The van der Waals surface area contributed by atoms with Crippen LogP contribution >= 0.6 is 11.3 Å². The van der Waals surface area contributed by atoms with E-state index >= 15 is 0 Å². The Bertz CT molecular complexity index is 672. The number of rotatable bonds is 4. The number of benzene rings is 1. The highest BCUT2D eigenvalue weighted by Crippen LogP contribution is 2.25. The first-order chi connectivity index (χ1) is 11.1. The molecule has 0 radical (unpaired) electrons. The molecule has 1 amide bonds. The second-order valence-electron chi connectivity index (χ2n) is 6.71. The van der Waals surface area contributed by atoms with E-state index in [0.717, 1.165) is 35.0 Å². The standard InChI is InChI=1S/C19H24N2OS/c1-13-6-8-16(9-7-13)20-18(22)11-17-12-23-19(21-17)15-5-3-4-14(2)10-15/h3-5,10,12-13,16H,6-9,11H2,1-2H3,(H,20,22). The fourth-order valence-corrected chi connectivity index (χ4v) is 3.96. The Hall–Kier alpha value is -1.68. The van der Waals surface area contributed by atoms with Crippen LogP contribution in [-0.2, 0) is 11.2 Å². The summed E-state index contributed by atoms with van der Waals surface area (Å²) in [6, 6.07) is 8.68. The summed E-state index contributed by atoms with van der Waals surface area (Å²) in [5.41, 5.74) is 3.22. The fraction of sp³-hybridized carbons (Fsp3) is 0.474. The molecular weight excluding hydrogens is 304 g/mol. The SMILES string of the molecule is Cc1cccc(-c2nc(CC(=O)NC3CCC(C)CC3)cs2)c1. The van der Waals surface area contributed by atoms with Crippen LogP contribution in [-0.4, -0.2) is 16.9 Å². The first kappa shape index (κ1) is 16.2. The maximum absolute atomic E-state index is 12.2. The highest BCUT2D eigenvalue weighted by atomic mass is 32.1. The van der Waals surface area contributed by atoms with E-state index in [1.165, 1.54) is 18.4 Å². The van der Waals surface area contributed by atoms with Crippen LogP contribution in [0.5, 0.6) is 0 Å². The van der Waals surface area contributed by atoms with E-state index in [2.05, 4.69) is 42.3 Å². The molecule has 1 aliphatic carbocycles. The third kappa shape index (κ3) is 4.41. The molecule has 1 N–H and O–H groups in total. The van der Waals surface area contributed by atoms with Crippen molar-refractivity contribution in [1.29, 1.82) is 0 Å². The van der Waals surface area contributed by atoms with Gasteiger partial charge in [-0.3, -0.25) is 4.79 Å². The van der Waals surface area contributed by atoms with Gasteiger partial charge in [-0.25, -0.2) is 4.98 Å². The van der Waals surface area contributed by atoms with Gasteiger partial charge in [-0.05, 0) is 44.6 Å². The lowest BCUT2D eigenvalue weighted by atomic mass is 9.87. The molecule has 1 aromatic heterocycles. The van der Waals surface area contributed by atoms with Gasteiger partial charge in [0.05, 0.1) is 12.1 Å². The Morgan fingerprint density at radius 3 is 2.83 bits per heavy atom. The van der Waals surface area contributed by atoms with Crippen molar-refractivity contribution in [3.05, 3.63) is 40.9 Å². The summed E-state index contributed by atoms with van der Waals surface area (Å²) in [6.07, 6.45) is 5.05. The van der Waals surface area contributed by atoms with E-state index in [1.54, 1.807) is 11.3 Å². The maximum Gasteiger partial charge on any atom is 0.226 e. The Morgan fingerprint density at radius 2 is 2.09 bits per heavy atom. The first-order valence-corrected chi connectivity index (χ1v) is 9.29. The number of hydrogen-bond acceptors (Lipinski definition) is 3. The van der Waals surface area contributed by atoms with Crippen LogP contribution < -0.4 is 5.32 Å². The van der Waals surface area contributed by atoms with E-state index in [0.29, 0.717) is 12.5 Å². The Kier molecular flexibility index (Phi) is 5.11. The molecule has 122 valence electrons. The Labute approximate surface area is 142 Å². The number of hydrogen-bond donors (Lipinski definition) is 1. The molecule has 3 rings (SSSR count). The van der Waals surface area contributed by atoms with Crippen LogP contribution in [0.15, 0.2) is 29.6 Å². The number of carbonyl (C=O) groups excluding carboxylic acids is 1. The van der Waals surface area contributed by atoms with Crippen LogP contribution in [0.2, 0.25) is 0 Å². The third-order valence-electron chi connectivity index (χ3n) is 4.54. The van der Waals surface area contributed by atoms with Gasteiger partial charge in [0.15, 0.2) is 0 Å². The molecule has 0 spiro atoms. The van der Waals surface area contributed by atoms with Crippen molar-refractivity contribution in [3.8, 4) is 10.6 Å². The number of nitrogens with zero attached hydrogens (tertiary/aromatic N) is 1. The highest BCUT2D eigenvalue weighted by molar-refractivity contribution is 7.13. The van der Waals surface area contributed by atoms with Crippen LogP contribution in [0.4, 0.5) is 0 Å². The van der Waals surface area contributed by atoms with Crippen LogP contribution in [0, 0.1) is 12.8 Å². The van der Waals surface area contributed by atoms with E-state index < -0.39 is 0 Å². The monoisotopic (exact) mass is 328 g/mol. The maximum atomic E-state index is 12.2. The van der Waals surface area contributed by atoms with Gasteiger partial charge in [-0.15, -0.1) is 11.3 Å². The highest BCUT2D eigenvalue weighted by Gasteiger charge is 2.20. The molecule has 2 aromatic rings. The predicted molar refractivity (Wildman–Crippen MR) is 95.6 cm³/mol. The minimum Gasteiger partial charge on any atom is -0.353 e. The van der Waals surface area contributed by atoms with Gasteiger partial charge in [-0.2, -0.15) is 0 Å². The van der Waals surface area contributed by atoms with Crippen LogP contribution in [0.25, 0.3) is 10.6 Å². The second-order valence-corrected chi connectivity index (χ2v) is 7.57. The number of nitrogens with one attached hydrogen (secondary N) is 1. The quantitative estimate of drug-likeness (QED) is 0.906. The topological polar surface area (TPSA) is 42.0 Å². The molecule has 1 saturated carbocycles. The average molecular weight is 328 g/mol. The van der Waals surface area contributed by atoms with Crippen molar-refractivity contribution < 1.29 is 4.79 Å². The summed E-state index contributed by atoms with van der Waals surface area (Å²) in [6.45, 7) is 4.37. The first-order valence-electron chi connectivity index (χ1n) is 8.41. The van der Waals surface area contributed by atoms with Gasteiger partial charge >= 0.3 is 0 Å². The summed E-state index contributed by atoms with van der Waals surface area (Å²) in [5, 5.41) is 6.16. The van der Waals surface area contributed by atoms with Gasteiger partial charge in [0.2, 0.25) is 5.91 Å². The molecule has 1 aromatic carbocycles. The minimum atomic E-state index is 0.102. The number of thiazole rings is 1. The van der Waals surface area contributed by atoms with Crippen molar-refractivity contribution in [1.82, 2.24) is 10.3 Å². The molecule has 1 fully saturated rings. The van der Waals surface area contributed by atoms with Crippen LogP contribution in [0.1, 0.15) is 43.9 Å².